The van der Waals surface area contributed by atoms with Crippen molar-refractivity contribution in [3.8, 4) is 0 Å². The zero-order valence-electron chi connectivity index (χ0n) is 11.7. The van der Waals surface area contributed by atoms with Gasteiger partial charge < -0.3 is 15.4 Å². The molecule has 0 bridgehead atoms. The van der Waals surface area contributed by atoms with Gasteiger partial charge >= 0.3 is 5.00 Å². The van der Waals surface area contributed by atoms with E-state index < -0.39 is 4.92 Å². The highest BCUT2D eigenvalue weighted by molar-refractivity contribution is 7.13. The summed E-state index contributed by atoms with van der Waals surface area (Å²) in [6, 6.07) is 1.34. The molecule has 116 valence electrons. The van der Waals surface area contributed by atoms with Crippen LogP contribution in [0.2, 0.25) is 0 Å². The molecule has 1 aromatic heterocycles. The summed E-state index contributed by atoms with van der Waals surface area (Å²) >= 11 is 0.981. The van der Waals surface area contributed by atoms with E-state index in [1.165, 1.54) is 6.07 Å². The highest BCUT2D eigenvalue weighted by Gasteiger charge is 2.25. The van der Waals surface area contributed by atoms with E-state index >= 15 is 0 Å². The molecule has 2 N–H and O–H groups in total. The number of nitro groups is 1. The van der Waals surface area contributed by atoms with Crippen molar-refractivity contribution in [2.45, 2.75) is 25.4 Å². The second-order valence-electron chi connectivity index (χ2n) is 4.94. The van der Waals surface area contributed by atoms with Gasteiger partial charge in [-0.05, 0) is 25.8 Å². The van der Waals surface area contributed by atoms with Gasteiger partial charge in [-0.1, -0.05) is 11.3 Å². The monoisotopic (exact) mass is 313 g/mol. The van der Waals surface area contributed by atoms with Gasteiger partial charge in [-0.15, -0.1) is 0 Å². The Bertz CT molecular complexity index is 497. The van der Waals surface area contributed by atoms with Crippen LogP contribution < -0.4 is 5.73 Å². The minimum Gasteiger partial charge on any atom is -0.378 e. The van der Waals surface area contributed by atoms with Crippen LogP contribution in [0.5, 0.6) is 0 Å². The van der Waals surface area contributed by atoms with Gasteiger partial charge in [0.25, 0.3) is 5.91 Å². The number of nitrogens with two attached hydrogens (primary N) is 1. The highest BCUT2D eigenvalue weighted by Crippen LogP contribution is 2.25. The van der Waals surface area contributed by atoms with Gasteiger partial charge in [0.15, 0.2) is 0 Å². The van der Waals surface area contributed by atoms with Crippen LogP contribution in [0.3, 0.4) is 0 Å². The molecule has 21 heavy (non-hydrogen) atoms. The zero-order valence-corrected chi connectivity index (χ0v) is 12.5. The lowest BCUT2D eigenvalue weighted by Crippen LogP contribution is -2.40. The third kappa shape index (κ3) is 4.23. The molecule has 0 saturated carbocycles. The van der Waals surface area contributed by atoms with Crippen LogP contribution in [-0.2, 0) is 4.74 Å². The quantitative estimate of drug-likeness (QED) is 0.489. The summed E-state index contributed by atoms with van der Waals surface area (Å²) < 4.78 is 5.69. The van der Waals surface area contributed by atoms with Gasteiger partial charge in [0, 0.05) is 31.1 Å². The number of carbonyl (C=O) groups excluding carboxylic acids is 1. The third-order valence-corrected chi connectivity index (χ3v) is 4.32. The predicted octanol–water partition coefficient (Wildman–Crippen LogP) is 1.63. The van der Waals surface area contributed by atoms with Crippen molar-refractivity contribution in [1.82, 2.24) is 4.90 Å². The first-order chi connectivity index (χ1) is 10.1. The molecule has 1 aromatic rings. The van der Waals surface area contributed by atoms with Crippen LogP contribution in [0.1, 0.15) is 29.6 Å². The van der Waals surface area contributed by atoms with E-state index in [-0.39, 0.29) is 17.0 Å². The largest absolute Gasteiger partial charge is 0.378 e. The lowest BCUT2D eigenvalue weighted by Gasteiger charge is -2.31. The van der Waals surface area contributed by atoms with Crippen molar-refractivity contribution in [1.29, 1.82) is 0 Å². The molecule has 0 unspecified atom stereocenters. The van der Waals surface area contributed by atoms with E-state index in [4.69, 9.17) is 10.5 Å². The number of rotatable bonds is 6. The number of hydrogen-bond donors (Lipinski definition) is 1. The first-order valence-corrected chi connectivity index (χ1v) is 7.83. The summed E-state index contributed by atoms with van der Waals surface area (Å²) in [5, 5.41) is 12.2. The maximum absolute atomic E-state index is 12.3. The lowest BCUT2D eigenvalue weighted by molar-refractivity contribution is -0.380. The van der Waals surface area contributed by atoms with Gasteiger partial charge in [0.1, 0.15) is 0 Å². The fraction of sp³-hybridized carbons (Fsp3) is 0.615. The number of carbonyl (C=O) groups is 1. The summed E-state index contributed by atoms with van der Waals surface area (Å²) in [5.74, 6) is -0.139. The minimum absolute atomic E-state index is 0.00152. The SMILES string of the molecule is NCCCOC1CCN(C(=O)c2csc([N+](=O)[O-])c2)CC1. The Morgan fingerprint density at radius 3 is 2.81 bits per heavy atom. The molecule has 1 fully saturated rings. The Morgan fingerprint density at radius 2 is 2.24 bits per heavy atom. The van der Waals surface area contributed by atoms with Gasteiger partial charge in [0.2, 0.25) is 0 Å². The Kier molecular flexibility index (Phi) is 5.66. The molecular weight excluding hydrogens is 294 g/mol. The molecule has 1 aliphatic heterocycles. The minimum atomic E-state index is -0.473. The Morgan fingerprint density at radius 1 is 1.52 bits per heavy atom. The maximum atomic E-state index is 12.3. The lowest BCUT2D eigenvalue weighted by atomic mass is 10.1. The number of hydrogen-bond acceptors (Lipinski definition) is 6. The molecule has 1 amide bonds. The molecular formula is C13H19N3O4S. The van der Waals surface area contributed by atoms with Crippen LogP contribution in [0, 0.1) is 10.1 Å². The zero-order chi connectivity index (χ0) is 15.2. The van der Waals surface area contributed by atoms with Crippen molar-refractivity contribution in [2.75, 3.05) is 26.2 Å². The van der Waals surface area contributed by atoms with Crippen molar-refractivity contribution >= 4 is 22.2 Å². The second kappa shape index (κ2) is 7.48. The van der Waals surface area contributed by atoms with E-state index in [2.05, 4.69) is 0 Å². The van der Waals surface area contributed by atoms with Crippen LogP contribution in [0.15, 0.2) is 11.4 Å². The smallest absolute Gasteiger partial charge is 0.324 e. The molecule has 7 nitrogen and oxygen atoms in total. The average Bonchev–Trinajstić information content (AvgIpc) is 2.97. The predicted molar refractivity (Wildman–Crippen MR) is 79.5 cm³/mol. The van der Waals surface area contributed by atoms with Crippen LogP contribution in [-0.4, -0.2) is 48.1 Å². The summed E-state index contributed by atoms with van der Waals surface area (Å²) in [4.78, 5) is 24.2. The van der Waals surface area contributed by atoms with Gasteiger partial charge in [0.05, 0.1) is 16.6 Å². The normalized spacial score (nSPS) is 16.1. The maximum Gasteiger partial charge on any atom is 0.324 e. The molecule has 0 radical (unpaired) electrons. The molecule has 2 rings (SSSR count). The Hall–Kier alpha value is -1.51. The van der Waals surface area contributed by atoms with E-state index in [9.17, 15) is 14.9 Å². The third-order valence-electron chi connectivity index (χ3n) is 3.44. The van der Waals surface area contributed by atoms with Crippen molar-refractivity contribution in [3.05, 3.63) is 27.1 Å². The molecule has 2 heterocycles. The van der Waals surface area contributed by atoms with Crippen LogP contribution >= 0.6 is 11.3 Å². The first-order valence-electron chi connectivity index (χ1n) is 6.95. The summed E-state index contributed by atoms with van der Waals surface area (Å²) in [6.07, 6.45) is 2.61. The molecule has 1 saturated heterocycles. The second-order valence-corrected chi connectivity index (χ2v) is 5.82. The van der Waals surface area contributed by atoms with Crippen molar-refractivity contribution < 1.29 is 14.5 Å². The molecule has 0 aromatic carbocycles. The number of thiophene rings is 1. The van der Waals surface area contributed by atoms with Crippen molar-refractivity contribution in [3.63, 3.8) is 0 Å². The first kappa shape index (κ1) is 15.9. The average molecular weight is 313 g/mol. The van der Waals surface area contributed by atoms with E-state index in [1.54, 1.807) is 10.3 Å². The number of likely N-dealkylation sites (tertiary alicyclic amines) is 1. The number of ether oxygens (including phenoxy) is 1. The van der Waals surface area contributed by atoms with Crippen molar-refractivity contribution in [2.24, 2.45) is 5.73 Å². The molecule has 0 spiro atoms. The van der Waals surface area contributed by atoms with E-state index in [0.29, 0.717) is 31.8 Å². The van der Waals surface area contributed by atoms with Gasteiger partial charge in [-0.2, -0.15) is 0 Å². The molecule has 8 heteroatoms. The summed E-state index contributed by atoms with van der Waals surface area (Å²) in [5.41, 5.74) is 5.81. The van der Waals surface area contributed by atoms with E-state index in [0.717, 1.165) is 30.6 Å². The highest BCUT2D eigenvalue weighted by atomic mass is 32.1. The van der Waals surface area contributed by atoms with Gasteiger partial charge in [-0.25, -0.2) is 0 Å². The summed E-state index contributed by atoms with van der Waals surface area (Å²) in [7, 11) is 0. The van der Waals surface area contributed by atoms with Gasteiger partial charge in [-0.3, -0.25) is 14.9 Å². The van der Waals surface area contributed by atoms with E-state index in [1.807, 2.05) is 0 Å². The fourth-order valence-corrected chi connectivity index (χ4v) is 2.97. The molecule has 0 atom stereocenters. The molecule has 1 aliphatic rings. The fourth-order valence-electron chi connectivity index (χ4n) is 2.27. The Labute approximate surface area is 126 Å². The molecule has 0 aliphatic carbocycles. The summed E-state index contributed by atoms with van der Waals surface area (Å²) in [6.45, 7) is 2.52. The Balaban J connectivity index is 1.83. The number of amides is 1. The van der Waals surface area contributed by atoms with Crippen LogP contribution in [0.4, 0.5) is 5.00 Å². The number of nitrogens with zero attached hydrogens (tertiary/aromatic N) is 2. The standard InChI is InChI=1S/C13H19N3O4S/c14-4-1-7-20-11-2-5-15(6-3-11)13(17)10-8-12(16(18)19)21-9-10/h8-9,11H,1-7,14H2. The number of piperidine rings is 1. The topological polar surface area (TPSA) is 98.7 Å². The van der Waals surface area contributed by atoms with Crippen LogP contribution in [0.25, 0.3) is 0 Å².